The summed E-state index contributed by atoms with van der Waals surface area (Å²) in [6, 6.07) is 7.08. The van der Waals surface area contributed by atoms with Crippen LogP contribution < -0.4 is 15.8 Å². The number of anilines is 1. The maximum Gasteiger partial charge on any atom is 0.417 e. The first-order valence-electron chi connectivity index (χ1n) is 15.0. The number of morpholine rings is 1. The number of aromatic nitrogens is 2. The molecule has 1 saturated heterocycles. The second kappa shape index (κ2) is 13.3. The van der Waals surface area contributed by atoms with Crippen LogP contribution in [0.25, 0.3) is 22.0 Å². The lowest BCUT2D eigenvalue weighted by Gasteiger charge is -2.38. The van der Waals surface area contributed by atoms with Crippen molar-refractivity contribution in [2.45, 2.75) is 51.6 Å². The summed E-state index contributed by atoms with van der Waals surface area (Å²) < 4.78 is 84.6. The molecule has 254 valence electrons. The Labute approximate surface area is 272 Å². The van der Waals surface area contributed by atoms with Crippen LogP contribution in [0.15, 0.2) is 53.5 Å². The van der Waals surface area contributed by atoms with Crippen LogP contribution in [0.3, 0.4) is 0 Å². The van der Waals surface area contributed by atoms with Crippen molar-refractivity contribution in [3.8, 4) is 11.1 Å². The number of amides is 1. The number of carbonyl (C=O) groups excluding carboxylic acids is 2. The Morgan fingerprint density at radius 2 is 1.81 bits per heavy atom. The first kappa shape index (κ1) is 34.5. The van der Waals surface area contributed by atoms with Crippen molar-refractivity contribution in [3.05, 3.63) is 93.0 Å². The number of alkyl halides is 3. The van der Waals surface area contributed by atoms with E-state index in [1.807, 2.05) is 13.8 Å². The molecule has 1 N–H and O–H groups in total. The normalized spacial score (nSPS) is 17.3. The fraction of sp³-hybridized carbons (Fsp3) is 0.353. The van der Waals surface area contributed by atoms with Crippen LogP contribution >= 0.6 is 0 Å². The Bertz CT molecular complexity index is 1940. The van der Waals surface area contributed by atoms with Crippen molar-refractivity contribution < 1.29 is 41.0 Å². The van der Waals surface area contributed by atoms with Gasteiger partial charge < -0.3 is 24.3 Å². The average Bonchev–Trinajstić information content (AvgIpc) is 3.03. The molecule has 0 saturated carbocycles. The summed E-state index contributed by atoms with van der Waals surface area (Å²) in [5.41, 5.74) is -2.90. The van der Waals surface area contributed by atoms with Crippen LogP contribution in [0.2, 0.25) is 0 Å². The van der Waals surface area contributed by atoms with Crippen molar-refractivity contribution >= 4 is 28.5 Å². The van der Waals surface area contributed by atoms with Crippen LogP contribution in [0, 0.1) is 18.6 Å². The Morgan fingerprint density at radius 1 is 1.12 bits per heavy atom. The fourth-order valence-corrected chi connectivity index (χ4v) is 5.91. The highest BCUT2D eigenvalue weighted by Crippen LogP contribution is 2.38. The molecular weight excluding hydrogens is 639 g/mol. The Balaban J connectivity index is 1.51. The highest BCUT2D eigenvalue weighted by molar-refractivity contribution is 5.99. The molecule has 4 aromatic rings. The van der Waals surface area contributed by atoms with Gasteiger partial charge in [0, 0.05) is 54.6 Å². The Morgan fingerprint density at radius 3 is 2.46 bits per heavy atom. The van der Waals surface area contributed by atoms with E-state index < -0.39 is 58.0 Å². The number of hydrogen-bond donors (Lipinski definition) is 1. The second-order valence-electron chi connectivity index (χ2n) is 11.8. The van der Waals surface area contributed by atoms with Crippen LogP contribution in [-0.2, 0) is 33.9 Å². The van der Waals surface area contributed by atoms with Gasteiger partial charge in [0.05, 0.1) is 36.5 Å². The van der Waals surface area contributed by atoms with Crippen LogP contribution in [-0.4, -0.2) is 59.9 Å². The number of carbonyl (C=O) groups is 2. The minimum absolute atomic E-state index is 0.0377. The maximum absolute atomic E-state index is 15.3. The van der Waals surface area contributed by atoms with Crippen molar-refractivity contribution in [2.75, 3.05) is 25.2 Å². The molecule has 2 aromatic heterocycles. The van der Waals surface area contributed by atoms with Crippen LogP contribution in [0.4, 0.5) is 27.6 Å². The first-order valence-corrected chi connectivity index (χ1v) is 15.0. The summed E-state index contributed by atoms with van der Waals surface area (Å²) in [6.45, 7) is 5.79. The van der Waals surface area contributed by atoms with E-state index in [1.54, 1.807) is 4.90 Å². The molecule has 1 aliphatic rings. The SMILES string of the molecule is COC(=O)[C@H](Cc1ccc(-c2c(C(F)(F)F)cc(C)n(C)c2=O)c2ncccc12)NC(=O)c1c(F)cc(N2C[C@@H](C)OC[C@H]2C)cc1F. The van der Waals surface area contributed by atoms with Gasteiger partial charge >= 0.3 is 12.1 Å². The monoisotopic (exact) mass is 672 g/mol. The lowest BCUT2D eigenvalue weighted by Crippen LogP contribution is -2.47. The van der Waals surface area contributed by atoms with E-state index in [4.69, 9.17) is 9.47 Å². The number of rotatable bonds is 7. The summed E-state index contributed by atoms with van der Waals surface area (Å²) in [5.74, 6) is -4.44. The topological polar surface area (TPSA) is 103 Å². The van der Waals surface area contributed by atoms with Crippen LogP contribution in [0.1, 0.15) is 41.0 Å². The highest BCUT2D eigenvalue weighted by Gasteiger charge is 2.37. The van der Waals surface area contributed by atoms with Crippen molar-refractivity contribution in [3.63, 3.8) is 0 Å². The number of ether oxygens (including phenoxy) is 2. The molecule has 3 atom stereocenters. The second-order valence-corrected chi connectivity index (χ2v) is 11.8. The molecule has 1 amide bonds. The lowest BCUT2D eigenvalue weighted by atomic mass is 9.93. The predicted molar refractivity (Wildman–Crippen MR) is 168 cm³/mol. The molecule has 1 aliphatic heterocycles. The number of halogens is 5. The number of benzene rings is 2. The van der Waals surface area contributed by atoms with E-state index in [0.717, 1.165) is 29.9 Å². The Kier molecular flexibility index (Phi) is 9.58. The molecule has 0 spiro atoms. The van der Waals surface area contributed by atoms with Crippen LogP contribution in [0.5, 0.6) is 0 Å². The minimum Gasteiger partial charge on any atom is -0.467 e. The van der Waals surface area contributed by atoms with Gasteiger partial charge in [-0.3, -0.25) is 14.6 Å². The van der Waals surface area contributed by atoms with Gasteiger partial charge in [-0.25, -0.2) is 13.6 Å². The summed E-state index contributed by atoms with van der Waals surface area (Å²) >= 11 is 0. The molecule has 1 fully saturated rings. The first-order chi connectivity index (χ1) is 22.6. The lowest BCUT2D eigenvalue weighted by molar-refractivity contribution is -0.143. The molecule has 3 heterocycles. The number of esters is 1. The number of methoxy groups -OCH3 is 1. The summed E-state index contributed by atoms with van der Waals surface area (Å²) in [4.78, 5) is 45.3. The number of pyridine rings is 2. The van der Waals surface area contributed by atoms with Gasteiger partial charge in [-0.1, -0.05) is 18.2 Å². The predicted octanol–water partition coefficient (Wildman–Crippen LogP) is 5.33. The number of fused-ring (bicyclic) bond motifs is 1. The minimum atomic E-state index is -4.85. The summed E-state index contributed by atoms with van der Waals surface area (Å²) in [6.07, 6.45) is -3.97. The van der Waals surface area contributed by atoms with Gasteiger partial charge in [-0.2, -0.15) is 13.2 Å². The Hall–Kier alpha value is -4.85. The van der Waals surface area contributed by atoms with Gasteiger partial charge in [0.2, 0.25) is 0 Å². The zero-order chi connectivity index (χ0) is 35.1. The highest BCUT2D eigenvalue weighted by atomic mass is 19.4. The molecule has 0 unspecified atom stereocenters. The van der Waals surface area contributed by atoms with E-state index in [0.29, 0.717) is 18.7 Å². The molecule has 5 rings (SSSR count). The van der Waals surface area contributed by atoms with Gasteiger partial charge in [-0.15, -0.1) is 0 Å². The third-order valence-electron chi connectivity index (χ3n) is 8.51. The molecule has 48 heavy (non-hydrogen) atoms. The third-order valence-corrected chi connectivity index (χ3v) is 8.51. The van der Waals surface area contributed by atoms with E-state index in [1.165, 1.54) is 44.4 Å². The quantitative estimate of drug-likeness (QED) is 0.209. The third kappa shape index (κ3) is 6.61. The molecule has 0 bridgehead atoms. The summed E-state index contributed by atoms with van der Waals surface area (Å²) in [5, 5.41) is 2.62. The average molecular weight is 673 g/mol. The van der Waals surface area contributed by atoms with E-state index in [2.05, 4.69) is 10.3 Å². The van der Waals surface area contributed by atoms with Crippen molar-refractivity contribution in [2.24, 2.45) is 7.05 Å². The standard InChI is InChI=1S/C34H33F5N4O5/c1-17-11-24(34(37,38)39)28(32(45)42(17)4)23-9-8-20(22-7-6-10-40-30(22)23)12-27(33(46)47-5)41-31(44)29-25(35)13-21(14-26(29)36)43-15-19(3)48-16-18(43)2/h6-11,13-14,18-19,27H,12,15-16H2,1-5H3,(H,41,44)/t18-,19-,27+/m1/s1. The zero-order valence-corrected chi connectivity index (χ0v) is 26.7. The smallest absolute Gasteiger partial charge is 0.417 e. The fourth-order valence-electron chi connectivity index (χ4n) is 5.91. The van der Waals surface area contributed by atoms with Gasteiger partial charge in [-0.05, 0) is 50.6 Å². The van der Waals surface area contributed by atoms with Gasteiger partial charge in [0.1, 0.15) is 23.2 Å². The molecule has 9 nitrogen and oxygen atoms in total. The van der Waals surface area contributed by atoms with E-state index >= 15 is 8.78 Å². The number of nitrogens with zero attached hydrogens (tertiary/aromatic N) is 3. The largest absolute Gasteiger partial charge is 0.467 e. The molecule has 0 aliphatic carbocycles. The van der Waals surface area contributed by atoms with E-state index in [9.17, 15) is 27.6 Å². The number of aryl methyl sites for hydroxylation is 1. The van der Waals surface area contributed by atoms with E-state index in [-0.39, 0.29) is 46.4 Å². The van der Waals surface area contributed by atoms with Crippen molar-refractivity contribution in [1.29, 1.82) is 0 Å². The molecule has 14 heteroatoms. The van der Waals surface area contributed by atoms with Crippen molar-refractivity contribution in [1.82, 2.24) is 14.9 Å². The number of nitrogens with one attached hydrogen (secondary N) is 1. The maximum atomic E-state index is 15.3. The zero-order valence-electron chi connectivity index (χ0n) is 26.7. The molecular formula is C34H33F5N4O5. The molecule has 0 radical (unpaired) electrons. The van der Waals surface area contributed by atoms with Gasteiger partial charge in [0.15, 0.2) is 0 Å². The number of hydrogen-bond acceptors (Lipinski definition) is 7. The summed E-state index contributed by atoms with van der Waals surface area (Å²) in [7, 11) is 2.42. The molecule has 2 aromatic carbocycles. The van der Waals surface area contributed by atoms with Gasteiger partial charge in [0.25, 0.3) is 11.5 Å².